The first kappa shape index (κ1) is 10.7. The van der Waals surface area contributed by atoms with E-state index >= 15 is 0 Å². The highest BCUT2D eigenvalue weighted by Gasteiger charge is 2.10. The van der Waals surface area contributed by atoms with E-state index in [0.717, 1.165) is 0 Å². The fraction of sp³-hybridized carbons (Fsp3) is 0.333. The maximum atomic E-state index is 10.6. The summed E-state index contributed by atoms with van der Waals surface area (Å²) in [6, 6.07) is 0. The molecule has 6 heteroatoms. The summed E-state index contributed by atoms with van der Waals surface area (Å²) < 4.78 is 21.1. The van der Waals surface area contributed by atoms with Gasteiger partial charge in [-0.1, -0.05) is 0 Å². The third-order valence-corrected chi connectivity index (χ3v) is 0.187. The van der Waals surface area contributed by atoms with E-state index in [4.69, 9.17) is 19.8 Å². The largest absolute Gasteiger partial charge is 0.483 e. The monoisotopic (exact) mass is 142 g/mol. The van der Waals surface area contributed by atoms with Crippen LogP contribution in [0.4, 0.5) is 8.78 Å². The van der Waals surface area contributed by atoms with Gasteiger partial charge in [0.2, 0.25) is 0 Å². The number of halogens is 2. The lowest BCUT2D eigenvalue weighted by Gasteiger charge is -1.81. The second-order valence-corrected chi connectivity index (χ2v) is 0.744. The lowest BCUT2D eigenvalue weighted by atomic mass is 10.7. The van der Waals surface area contributed by atoms with Crippen LogP contribution in [0.5, 0.6) is 0 Å². The third kappa shape index (κ3) is 20.0. The van der Waals surface area contributed by atoms with Gasteiger partial charge in [0, 0.05) is 0 Å². The lowest BCUT2D eigenvalue weighted by molar-refractivity contribution is -0.149. The van der Waals surface area contributed by atoms with Gasteiger partial charge in [0.05, 0.1) is 0 Å². The van der Waals surface area contributed by atoms with Crippen LogP contribution in [0, 0.1) is 0 Å². The van der Waals surface area contributed by atoms with Crippen molar-refractivity contribution >= 4 is 12.4 Å². The van der Waals surface area contributed by atoms with Gasteiger partial charge in [-0.3, -0.25) is 4.79 Å². The van der Waals surface area contributed by atoms with E-state index in [2.05, 4.69) is 0 Å². The average molecular weight is 142 g/mol. The summed E-state index contributed by atoms with van der Waals surface area (Å²) in [5, 5.41) is 14.1. The van der Waals surface area contributed by atoms with E-state index < -0.39 is 12.4 Å². The van der Waals surface area contributed by atoms with Gasteiger partial charge < -0.3 is 10.2 Å². The van der Waals surface area contributed by atoms with Crippen molar-refractivity contribution in [1.82, 2.24) is 0 Å². The highest BCUT2D eigenvalue weighted by atomic mass is 19.3. The van der Waals surface area contributed by atoms with E-state index in [9.17, 15) is 8.78 Å². The minimum absolute atomic E-state index is 0.250. The molecular formula is C3H4F2O4. The van der Waals surface area contributed by atoms with Crippen molar-refractivity contribution in [2.24, 2.45) is 0 Å². The number of hydrogen-bond donors (Lipinski definition) is 2. The summed E-state index contributed by atoms with van der Waals surface area (Å²) in [7, 11) is 0. The van der Waals surface area contributed by atoms with E-state index in [1.165, 1.54) is 0 Å². The molecule has 0 saturated heterocycles. The Morgan fingerprint density at radius 2 is 1.67 bits per heavy atom. The Morgan fingerprint density at radius 3 is 1.67 bits per heavy atom. The molecule has 0 aliphatic heterocycles. The molecule has 0 unspecified atom stereocenters. The molecule has 0 amide bonds. The lowest BCUT2D eigenvalue weighted by Crippen LogP contribution is -2.06. The zero-order chi connectivity index (χ0) is 7.86. The summed E-state index contributed by atoms with van der Waals surface area (Å²) in [5.41, 5.74) is 0. The molecule has 0 spiro atoms. The van der Waals surface area contributed by atoms with Gasteiger partial charge in [-0.15, -0.1) is 0 Å². The molecule has 0 heterocycles. The average Bonchev–Trinajstić information content (AvgIpc) is 1.68. The van der Waals surface area contributed by atoms with Crippen molar-refractivity contribution in [2.45, 2.75) is 6.43 Å². The van der Waals surface area contributed by atoms with Crippen molar-refractivity contribution in [1.29, 1.82) is 0 Å². The van der Waals surface area contributed by atoms with E-state index in [1.807, 2.05) is 0 Å². The molecule has 0 saturated carbocycles. The summed E-state index contributed by atoms with van der Waals surface area (Å²) in [6.07, 6.45) is -3.23. The molecule has 9 heavy (non-hydrogen) atoms. The number of hydrogen-bond acceptors (Lipinski definition) is 2. The summed E-state index contributed by atoms with van der Waals surface area (Å²) in [4.78, 5) is 17.3. The normalized spacial score (nSPS) is 7.44. The van der Waals surface area contributed by atoms with Crippen LogP contribution in [0.2, 0.25) is 0 Å². The third-order valence-electron chi connectivity index (χ3n) is 0.187. The molecule has 0 aromatic rings. The Bertz CT molecular complexity index is 91.8. The Labute approximate surface area is 48.7 Å². The van der Waals surface area contributed by atoms with Gasteiger partial charge in [-0.2, -0.15) is 8.78 Å². The Kier molecular flexibility index (Phi) is 8.10. The van der Waals surface area contributed by atoms with Gasteiger partial charge in [-0.05, 0) is 0 Å². The maximum absolute atomic E-state index is 10.6. The van der Waals surface area contributed by atoms with E-state index in [1.54, 1.807) is 0 Å². The van der Waals surface area contributed by atoms with Crippen LogP contribution in [0.15, 0.2) is 0 Å². The molecule has 0 aromatic heterocycles. The fourth-order valence-electron chi connectivity index (χ4n) is 0. The molecule has 0 aliphatic carbocycles. The standard InChI is InChI=1S/C2H2F2O2.CH2O2/c3-1(4)2(5)6;2-1-3/h1H,(H,5,6);1H,(H,2,3). The molecular weight excluding hydrogens is 138 g/mol. The highest BCUT2D eigenvalue weighted by molar-refractivity contribution is 5.70. The van der Waals surface area contributed by atoms with Crippen molar-refractivity contribution in [3.05, 3.63) is 0 Å². The molecule has 0 fully saturated rings. The van der Waals surface area contributed by atoms with E-state index in [-0.39, 0.29) is 6.47 Å². The van der Waals surface area contributed by atoms with Gasteiger partial charge in [0.25, 0.3) is 6.47 Å². The Balaban J connectivity index is 0. The molecule has 0 aromatic carbocycles. The predicted molar refractivity (Wildman–Crippen MR) is 22.3 cm³/mol. The van der Waals surface area contributed by atoms with E-state index in [0.29, 0.717) is 0 Å². The van der Waals surface area contributed by atoms with Gasteiger partial charge in [0.1, 0.15) is 0 Å². The number of carboxylic acid groups (broad SMARTS) is 2. The molecule has 0 aliphatic rings. The SMILES string of the molecule is O=C(O)C(F)F.O=CO. The van der Waals surface area contributed by atoms with Crippen molar-refractivity contribution in [2.75, 3.05) is 0 Å². The van der Waals surface area contributed by atoms with Gasteiger partial charge in [0.15, 0.2) is 0 Å². The van der Waals surface area contributed by atoms with Crippen LogP contribution < -0.4 is 0 Å². The van der Waals surface area contributed by atoms with Crippen LogP contribution in [-0.4, -0.2) is 29.1 Å². The quantitative estimate of drug-likeness (QED) is 0.506. The number of rotatable bonds is 1. The van der Waals surface area contributed by atoms with Gasteiger partial charge in [-0.25, -0.2) is 4.79 Å². The molecule has 0 rings (SSSR count). The number of alkyl halides is 2. The molecule has 2 N–H and O–H groups in total. The second-order valence-electron chi connectivity index (χ2n) is 0.744. The van der Waals surface area contributed by atoms with Crippen molar-refractivity contribution in [3.63, 3.8) is 0 Å². The van der Waals surface area contributed by atoms with Crippen LogP contribution in [0.3, 0.4) is 0 Å². The molecule has 0 atom stereocenters. The highest BCUT2D eigenvalue weighted by Crippen LogP contribution is 1.87. The van der Waals surface area contributed by atoms with Crippen LogP contribution >= 0.6 is 0 Å². The molecule has 54 valence electrons. The van der Waals surface area contributed by atoms with Crippen LogP contribution in [-0.2, 0) is 9.59 Å². The molecule has 0 bridgehead atoms. The number of carbonyl (C=O) groups is 2. The second kappa shape index (κ2) is 6.80. The number of carboxylic acids is 1. The zero-order valence-corrected chi connectivity index (χ0v) is 4.12. The Hall–Kier alpha value is -1.20. The minimum atomic E-state index is -3.23. The summed E-state index contributed by atoms with van der Waals surface area (Å²) in [6.45, 7) is -0.250. The smallest absolute Gasteiger partial charge is 0.371 e. The molecule has 0 radical (unpaired) electrons. The first-order valence-corrected chi connectivity index (χ1v) is 1.65. The van der Waals surface area contributed by atoms with Crippen molar-refractivity contribution in [3.8, 4) is 0 Å². The topological polar surface area (TPSA) is 74.6 Å². The predicted octanol–water partition coefficient (Wildman–Crippen LogP) is 0.0369. The number of aliphatic carboxylic acids is 1. The first-order chi connectivity index (χ1) is 4.06. The fourth-order valence-corrected chi connectivity index (χ4v) is 0. The molecule has 4 nitrogen and oxygen atoms in total. The summed E-state index contributed by atoms with van der Waals surface area (Å²) in [5.74, 6) is -2.07. The maximum Gasteiger partial charge on any atom is 0.371 e. The minimum Gasteiger partial charge on any atom is -0.483 e. The Morgan fingerprint density at radius 1 is 1.56 bits per heavy atom. The van der Waals surface area contributed by atoms with Gasteiger partial charge >= 0.3 is 12.4 Å². The van der Waals surface area contributed by atoms with Crippen molar-refractivity contribution < 1.29 is 28.6 Å². The zero-order valence-electron chi connectivity index (χ0n) is 4.12. The van der Waals surface area contributed by atoms with Crippen LogP contribution in [0.1, 0.15) is 0 Å². The summed E-state index contributed by atoms with van der Waals surface area (Å²) >= 11 is 0. The first-order valence-electron chi connectivity index (χ1n) is 1.65. The van der Waals surface area contributed by atoms with Crippen LogP contribution in [0.25, 0.3) is 0 Å².